The predicted molar refractivity (Wildman–Crippen MR) is 86.3 cm³/mol. The average Bonchev–Trinajstić information content (AvgIpc) is 2.48. The van der Waals surface area contributed by atoms with Gasteiger partial charge in [-0.3, -0.25) is 0 Å². The van der Waals surface area contributed by atoms with Gasteiger partial charge in [-0.05, 0) is 49.1 Å². The van der Waals surface area contributed by atoms with Crippen molar-refractivity contribution in [3.63, 3.8) is 0 Å². The second kappa shape index (κ2) is 7.62. The van der Waals surface area contributed by atoms with Crippen LogP contribution in [0.2, 0.25) is 0 Å². The number of nitrogens with zero attached hydrogens (tertiary/aromatic N) is 1. The molecule has 1 heterocycles. The lowest BCUT2D eigenvalue weighted by Crippen LogP contribution is -2.07. The van der Waals surface area contributed by atoms with Gasteiger partial charge in [0, 0.05) is 31.0 Å². The minimum Gasteiger partial charge on any atom is -0.385 e. The summed E-state index contributed by atoms with van der Waals surface area (Å²) in [6.45, 7) is 5.80. The maximum absolute atomic E-state index is 13.1. The van der Waals surface area contributed by atoms with Crippen molar-refractivity contribution in [2.24, 2.45) is 0 Å². The first kappa shape index (κ1) is 15.3. The van der Waals surface area contributed by atoms with Crippen molar-refractivity contribution in [2.75, 3.05) is 23.7 Å². The largest absolute Gasteiger partial charge is 0.385 e. The third-order valence-electron chi connectivity index (χ3n) is 3.34. The first-order valence-electron chi connectivity index (χ1n) is 7.38. The highest BCUT2D eigenvalue weighted by Gasteiger charge is 2.01. The van der Waals surface area contributed by atoms with E-state index in [-0.39, 0.29) is 5.82 Å². The predicted octanol–water partition coefficient (Wildman–Crippen LogP) is 4.01. The number of rotatable bonds is 7. The Bertz CT molecular complexity index is 584. The van der Waals surface area contributed by atoms with Crippen LogP contribution in [0.15, 0.2) is 36.5 Å². The summed E-state index contributed by atoms with van der Waals surface area (Å²) in [7, 11) is 0. The topological polar surface area (TPSA) is 37.0 Å². The van der Waals surface area contributed by atoms with Gasteiger partial charge in [0.2, 0.25) is 0 Å². The van der Waals surface area contributed by atoms with Gasteiger partial charge in [-0.1, -0.05) is 13.0 Å². The molecule has 2 aromatic rings. The van der Waals surface area contributed by atoms with Gasteiger partial charge in [-0.15, -0.1) is 0 Å². The smallest absolute Gasteiger partial charge is 0.127 e. The number of anilines is 2. The van der Waals surface area contributed by atoms with E-state index in [1.54, 1.807) is 12.3 Å². The second-order valence-corrected chi connectivity index (χ2v) is 5.10. The summed E-state index contributed by atoms with van der Waals surface area (Å²) in [4.78, 5) is 4.27. The molecule has 0 fully saturated rings. The number of halogens is 1. The molecule has 3 nitrogen and oxygen atoms in total. The average molecular weight is 287 g/mol. The number of benzene rings is 1. The van der Waals surface area contributed by atoms with Crippen LogP contribution in [0.5, 0.6) is 0 Å². The van der Waals surface area contributed by atoms with Crippen LogP contribution in [0.4, 0.5) is 15.9 Å². The third kappa shape index (κ3) is 4.74. The van der Waals surface area contributed by atoms with Crippen LogP contribution < -0.4 is 10.6 Å². The molecule has 0 atom stereocenters. The second-order valence-electron chi connectivity index (χ2n) is 5.10. The summed E-state index contributed by atoms with van der Waals surface area (Å²) < 4.78 is 13.1. The molecular weight excluding hydrogens is 265 g/mol. The molecule has 0 amide bonds. The molecule has 0 saturated carbocycles. The van der Waals surface area contributed by atoms with E-state index in [0.29, 0.717) is 0 Å². The van der Waals surface area contributed by atoms with E-state index in [0.717, 1.165) is 43.0 Å². The Balaban J connectivity index is 1.88. The molecule has 0 saturated heterocycles. The monoisotopic (exact) mass is 287 g/mol. The summed E-state index contributed by atoms with van der Waals surface area (Å²) in [6, 6.07) is 8.91. The van der Waals surface area contributed by atoms with Crippen LogP contribution in [0.25, 0.3) is 0 Å². The highest BCUT2D eigenvalue weighted by molar-refractivity contribution is 5.51. The van der Waals surface area contributed by atoms with Crippen LogP contribution in [0.1, 0.15) is 24.5 Å². The maximum Gasteiger partial charge on any atom is 0.127 e. The number of hydrogen-bond acceptors (Lipinski definition) is 3. The molecule has 2 rings (SSSR count). The number of aromatic nitrogens is 1. The van der Waals surface area contributed by atoms with Gasteiger partial charge in [0.1, 0.15) is 11.6 Å². The van der Waals surface area contributed by atoms with Crippen molar-refractivity contribution < 1.29 is 4.39 Å². The molecule has 112 valence electrons. The number of aryl methyl sites for hydroxylation is 1. The Labute approximate surface area is 125 Å². The Hall–Kier alpha value is -2.10. The van der Waals surface area contributed by atoms with Gasteiger partial charge >= 0.3 is 0 Å². The highest BCUT2D eigenvalue weighted by Crippen LogP contribution is 2.14. The number of pyridine rings is 1. The van der Waals surface area contributed by atoms with E-state index in [9.17, 15) is 4.39 Å². The fourth-order valence-electron chi connectivity index (χ4n) is 2.17. The van der Waals surface area contributed by atoms with Crippen molar-refractivity contribution in [2.45, 2.75) is 26.7 Å². The Morgan fingerprint density at radius 3 is 2.71 bits per heavy atom. The molecule has 2 N–H and O–H groups in total. The highest BCUT2D eigenvalue weighted by atomic mass is 19.1. The Morgan fingerprint density at radius 1 is 1.10 bits per heavy atom. The van der Waals surface area contributed by atoms with Crippen molar-refractivity contribution in [3.8, 4) is 0 Å². The van der Waals surface area contributed by atoms with Gasteiger partial charge in [0.15, 0.2) is 0 Å². The van der Waals surface area contributed by atoms with Gasteiger partial charge in [0.05, 0.1) is 0 Å². The Morgan fingerprint density at radius 2 is 1.95 bits per heavy atom. The van der Waals surface area contributed by atoms with Crippen LogP contribution >= 0.6 is 0 Å². The first-order chi connectivity index (χ1) is 10.2. The number of nitrogens with one attached hydrogen (secondary N) is 2. The zero-order valence-corrected chi connectivity index (χ0v) is 12.6. The lowest BCUT2D eigenvalue weighted by Gasteiger charge is -2.10. The minimum atomic E-state index is -0.176. The van der Waals surface area contributed by atoms with Crippen molar-refractivity contribution in [1.82, 2.24) is 4.98 Å². The van der Waals surface area contributed by atoms with Gasteiger partial charge < -0.3 is 10.6 Å². The molecule has 0 aliphatic rings. The van der Waals surface area contributed by atoms with Crippen LogP contribution in [-0.2, 0) is 6.42 Å². The third-order valence-corrected chi connectivity index (χ3v) is 3.34. The summed E-state index contributed by atoms with van der Waals surface area (Å²) >= 11 is 0. The molecule has 21 heavy (non-hydrogen) atoms. The molecule has 1 aromatic carbocycles. The summed E-state index contributed by atoms with van der Waals surface area (Å²) in [6.07, 6.45) is 3.73. The van der Waals surface area contributed by atoms with E-state index in [1.165, 1.54) is 11.6 Å². The van der Waals surface area contributed by atoms with E-state index in [4.69, 9.17) is 0 Å². The van der Waals surface area contributed by atoms with Crippen LogP contribution in [0, 0.1) is 12.7 Å². The fourth-order valence-corrected chi connectivity index (χ4v) is 2.17. The van der Waals surface area contributed by atoms with E-state index in [2.05, 4.69) is 22.5 Å². The van der Waals surface area contributed by atoms with Crippen molar-refractivity contribution in [1.29, 1.82) is 0 Å². The molecule has 4 heteroatoms. The van der Waals surface area contributed by atoms with E-state index >= 15 is 0 Å². The van der Waals surface area contributed by atoms with E-state index in [1.807, 2.05) is 25.1 Å². The molecule has 0 aliphatic carbocycles. The lowest BCUT2D eigenvalue weighted by molar-refractivity contribution is 0.625. The molecular formula is C17H22FN3. The van der Waals surface area contributed by atoms with Crippen LogP contribution in [0.3, 0.4) is 0 Å². The summed E-state index contributed by atoms with van der Waals surface area (Å²) in [5.41, 5.74) is 3.21. The SMILES string of the molecule is CCCNc1cc(NCCc2ccc(F)cc2C)ccn1. The zero-order chi connectivity index (χ0) is 15.1. The van der Waals surface area contributed by atoms with Gasteiger partial charge in [-0.25, -0.2) is 9.37 Å². The fraction of sp³-hybridized carbons (Fsp3) is 0.353. The Kier molecular flexibility index (Phi) is 5.55. The summed E-state index contributed by atoms with van der Waals surface area (Å²) in [5.74, 6) is 0.713. The maximum atomic E-state index is 13.1. The number of hydrogen-bond donors (Lipinski definition) is 2. The van der Waals surface area contributed by atoms with E-state index < -0.39 is 0 Å². The normalized spacial score (nSPS) is 10.4. The van der Waals surface area contributed by atoms with Gasteiger partial charge in [0.25, 0.3) is 0 Å². The minimum absolute atomic E-state index is 0.176. The zero-order valence-electron chi connectivity index (χ0n) is 12.6. The molecule has 0 bridgehead atoms. The molecule has 0 spiro atoms. The lowest BCUT2D eigenvalue weighted by atomic mass is 10.1. The standard InChI is InChI=1S/C17H22FN3/c1-3-8-20-17-12-16(7-10-21-17)19-9-6-14-4-5-15(18)11-13(14)2/h4-5,7,10-12H,3,6,8-9H2,1-2H3,(H2,19,20,21). The first-order valence-corrected chi connectivity index (χ1v) is 7.38. The van der Waals surface area contributed by atoms with Crippen molar-refractivity contribution in [3.05, 3.63) is 53.5 Å². The van der Waals surface area contributed by atoms with Gasteiger partial charge in [-0.2, -0.15) is 0 Å². The summed E-state index contributed by atoms with van der Waals surface area (Å²) in [5, 5.41) is 6.64. The van der Waals surface area contributed by atoms with Crippen molar-refractivity contribution >= 4 is 11.5 Å². The molecule has 0 radical (unpaired) electrons. The molecule has 0 unspecified atom stereocenters. The quantitative estimate of drug-likeness (QED) is 0.808. The molecule has 0 aliphatic heterocycles. The molecule has 1 aromatic heterocycles. The van der Waals surface area contributed by atoms with Crippen LogP contribution in [-0.4, -0.2) is 18.1 Å².